The molecule has 0 spiro atoms. The first-order valence-corrected chi connectivity index (χ1v) is 7.72. The van der Waals surface area contributed by atoms with Crippen LogP contribution in [0, 0.1) is 18.7 Å². The van der Waals surface area contributed by atoms with Gasteiger partial charge in [-0.1, -0.05) is 50.8 Å². The van der Waals surface area contributed by atoms with E-state index in [9.17, 15) is 4.39 Å². The molecule has 2 heteroatoms. The fourth-order valence-corrected chi connectivity index (χ4v) is 3.31. The van der Waals surface area contributed by atoms with Gasteiger partial charge in [-0.3, -0.25) is 0 Å². The van der Waals surface area contributed by atoms with Gasteiger partial charge in [-0.05, 0) is 37.8 Å². The van der Waals surface area contributed by atoms with E-state index < -0.39 is 0 Å². The van der Waals surface area contributed by atoms with Crippen molar-refractivity contribution in [2.24, 2.45) is 5.92 Å². The summed E-state index contributed by atoms with van der Waals surface area (Å²) in [4.78, 5) is 0. The first-order chi connectivity index (χ1) is 9.24. The van der Waals surface area contributed by atoms with Crippen LogP contribution in [0.2, 0.25) is 0 Å². The number of rotatable bonds is 4. The molecule has 106 valence electrons. The van der Waals surface area contributed by atoms with Crippen molar-refractivity contribution in [3.8, 4) is 0 Å². The van der Waals surface area contributed by atoms with Crippen LogP contribution in [0.25, 0.3) is 0 Å². The molecule has 0 aromatic heterocycles. The Kier molecular flexibility index (Phi) is 5.38. The summed E-state index contributed by atoms with van der Waals surface area (Å²) in [6.07, 6.45) is 7.72. The second-order valence-corrected chi connectivity index (χ2v) is 5.77. The summed E-state index contributed by atoms with van der Waals surface area (Å²) in [5.74, 6) is 0.566. The average molecular weight is 263 g/mol. The molecule has 0 bridgehead atoms. The summed E-state index contributed by atoms with van der Waals surface area (Å²) in [5, 5.41) is 3.52. The monoisotopic (exact) mass is 263 g/mol. The van der Waals surface area contributed by atoms with Gasteiger partial charge < -0.3 is 5.32 Å². The molecule has 0 radical (unpaired) electrons. The fraction of sp³-hybridized carbons (Fsp3) is 0.647. The van der Waals surface area contributed by atoms with Crippen LogP contribution in [-0.2, 0) is 0 Å². The molecule has 1 aliphatic rings. The third kappa shape index (κ3) is 3.56. The summed E-state index contributed by atoms with van der Waals surface area (Å²) in [6.45, 7) is 4.86. The van der Waals surface area contributed by atoms with Gasteiger partial charge in [0, 0.05) is 11.6 Å². The SMILES string of the molecule is CCNC(c1cccc(C)c1F)C1CCCCCC1. The normalized spacial score (nSPS) is 19.1. The van der Waals surface area contributed by atoms with E-state index in [1.165, 1.54) is 38.5 Å². The standard InChI is InChI=1S/C17H26FN/c1-3-19-17(14-10-6-4-5-7-11-14)15-12-8-9-13(2)16(15)18/h8-9,12,14,17,19H,3-7,10-11H2,1-2H3. The molecule has 0 saturated heterocycles. The summed E-state index contributed by atoms with van der Waals surface area (Å²) in [7, 11) is 0. The van der Waals surface area contributed by atoms with Crippen molar-refractivity contribution in [3.05, 3.63) is 35.1 Å². The van der Waals surface area contributed by atoms with Crippen LogP contribution in [0.3, 0.4) is 0 Å². The fourth-order valence-electron chi connectivity index (χ4n) is 3.31. The molecule has 1 unspecified atom stereocenters. The van der Waals surface area contributed by atoms with Gasteiger partial charge in [0.15, 0.2) is 0 Å². The van der Waals surface area contributed by atoms with Crippen LogP contribution in [0.1, 0.15) is 62.6 Å². The molecular formula is C17H26FN. The Balaban J connectivity index is 2.25. The van der Waals surface area contributed by atoms with E-state index in [2.05, 4.69) is 12.2 Å². The lowest BCUT2D eigenvalue weighted by molar-refractivity contribution is 0.322. The second kappa shape index (κ2) is 7.04. The zero-order chi connectivity index (χ0) is 13.7. The Morgan fingerprint density at radius 1 is 1.21 bits per heavy atom. The third-order valence-electron chi connectivity index (χ3n) is 4.35. The van der Waals surface area contributed by atoms with Crippen LogP contribution < -0.4 is 5.32 Å². The minimum Gasteiger partial charge on any atom is -0.310 e. The molecular weight excluding hydrogens is 237 g/mol. The number of aryl methyl sites for hydroxylation is 1. The number of hydrogen-bond donors (Lipinski definition) is 1. The highest BCUT2D eigenvalue weighted by Gasteiger charge is 2.25. The van der Waals surface area contributed by atoms with E-state index in [-0.39, 0.29) is 11.9 Å². The lowest BCUT2D eigenvalue weighted by Crippen LogP contribution is -2.29. The molecule has 1 aliphatic carbocycles. The minimum absolute atomic E-state index is 0.0160. The van der Waals surface area contributed by atoms with Gasteiger partial charge in [0.25, 0.3) is 0 Å². The van der Waals surface area contributed by atoms with Gasteiger partial charge in [0.2, 0.25) is 0 Å². The third-order valence-corrected chi connectivity index (χ3v) is 4.35. The predicted octanol–water partition coefficient (Wildman–Crippen LogP) is 4.76. The molecule has 1 saturated carbocycles. The van der Waals surface area contributed by atoms with Gasteiger partial charge in [-0.2, -0.15) is 0 Å². The zero-order valence-electron chi connectivity index (χ0n) is 12.2. The van der Waals surface area contributed by atoms with Crippen molar-refractivity contribution >= 4 is 0 Å². The summed E-state index contributed by atoms with van der Waals surface area (Å²) >= 11 is 0. The molecule has 1 fully saturated rings. The van der Waals surface area contributed by atoms with E-state index in [1.807, 2.05) is 25.1 Å². The lowest BCUT2D eigenvalue weighted by atomic mass is 9.86. The average Bonchev–Trinajstić information content (AvgIpc) is 2.68. The highest BCUT2D eigenvalue weighted by molar-refractivity contribution is 5.28. The summed E-state index contributed by atoms with van der Waals surface area (Å²) in [6, 6.07) is 5.98. The number of nitrogens with one attached hydrogen (secondary N) is 1. The minimum atomic E-state index is -0.0160. The topological polar surface area (TPSA) is 12.0 Å². The van der Waals surface area contributed by atoms with Crippen molar-refractivity contribution in [2.75, 3.05) is 6.54 Å². The van der Waals surface area contributed by atoms with Crippen molar-refractivity contribution in [3.63, 3.8) is 0 Å². The van der Waals surface area contributed by atoms with Crippen LogP contribution in [0.4, 0.5) is 4.39 Å². The predicted molar refractivity (Wildman–Crippen MR) is 78.7 cm³/mol. The molecule has 0 heterocycles. The van der Waals surface area contributed by atoms with Crippen LogP contribution in [0.15, 0.2) is 18.2 Å². The van der Waals surface area contributed by atoms with Crippen molar-refractivity contribution in [1.29, 1.82) is 0 Å². The maximum absolute atomic E-state index is 14.4. The second-order valence-electron chi connectivity index (χ2n) is 5.77. The smallest absolute Gasteiger partial charge is 0.130 e. The molecule has 2 rings (SSSR count). The Hall–Kier alpha value is -0.890. The highest BCUT2D eigenvalue weighted by atomic mass is 19.1. The van der Waals surface area contributed by atoms with Crippen LogP contribution >= 0.6 is 0 Å². The van der Waals surface area contributed by atoms with Gasteiger partial charge in [-0.15, -0.1) is 0 Å². The maximum atomic E-state index is 14.4. The Labute approximate surface area is 116 Å². The molecule has 0 aliphatic heterocycles. The largest absolute Gasteiger partial charge is 0.310 e. The Morgan fingerprint density at radius 3 is 2.53 bits per heavy atom. The molecule has 1 aromatic rings. The number of hydrogen-bond acceptors (Lipinski definition) is 1. The molecule has 1 nitrogen and oxygen atoms in total. The van der Waals surface area contributed by atoms with Gasteiger partial charge >= 0.3 is 0 Å². The van der Waals surface area contributed by atoms with E-state index >= 15 is 0 Å². The molecule has 1 atom stereocenters. The number of benzene rings is 1. The Morgan fingerprint density at radius 2 is 1.89 bits per heavy atom. The van der Waals surface area contributed by atoms with Gasteiger partial charge in [0.05, 0.1) is 0 Å². The van der Waals surface area contributed by atoms with Gasteiger partial charge in [0.1, 0.15) is 5.82 Å². The van der Waals surface area contributed by atoms with E-state index in [1.54, 1.807) is 0 Å². The Bertz CT molecular complexity index is 394. The van der Waals surface area contributed by atoms with Crippen LogP contribution in [-0.4, -0.2) is 6.54 Å². The zero-order valence-corrected chi connectivity index (χ0v) is 12.2. The quantitative estimate of drug-likeness (QED) is 0.773. The summed E-state index contributed by atoms with van der Waals surface area (Å²) < 4.78 is 14.4. The van der Waals surface area contributed by atoms with Crippen molar-refractivity contribution in [2.45, 2.75) is 58.4 Å². The molecule has 1 N–H and O–H groups in total. The van der Waals surface area contributed by atoms with Crippen molar-refractivity contribution in [1.82, 2.24) is 5.32 Å². The molecule has 1 aromatic carbocycles. The lowest BCUT2D eigenvalue weighted by Gasteiger charge is -2.28. The first kappa shape index (κ1) is 14.5. The van der Waals surface area contributed by atoms with E-state index in [0.29, 0.717) is 5.92 Å². The maximum Gasteiger partial charge on any atom is 0.130 e. The van der Waals surface area contributed by atoms with E-state index in [4.69, 9.17) is 0 Å². The molecule has 0 amide bonds. The van der Waals surface area contributed by atoms with E-state index in [0.717, 1.165) is 17.7 Å². The van der Waals surface area contributed by atoms with Gasteiger partial charge in [-0.25, -0.2) is 4.39 Å². The first-order valence-electron chi connectivity index (χ1n) is 7.72. The number of halogens is 1. The van der Waals surface area contributed by atoms with Crippen LogP contribution in [0.5, 0.6) is 0 Å². The molecule has 19 heavy (non-hydrogen) atoms. The van der Waals surface area contributed by atoms with Crippen molar-refractivity contribution < 1.29 is 4.39 Å². The summed E-state index contributed by atoms with van der Waals surface area (Å²) in [5.41, 5.74) is 1.63. The highest BCUT2D eigenvalue weighted by Crippen LogP contribution is 2.35.